The Morgan fingerprint density at radius 3 is 2.71 bits per heavy atom. The molecule has 1 fully saturated rings. The average molecular weight is 243 g/mol. The molecule has 0 aromatic heterocycles. The Hall–Kier alpha value is -0.120. The van der Waals surface area contributed by atoms with Gasteiger partial charge in [0.25, 0.3) is 0 Å². The number of aliphatic hydroxyl groups is 1. The van der Waals surface area contributed by atoms with E-state index in [-0.39, 0.29) is 0 Å². The van der Waals surface area contributed by atoms with E-state index in [2.05, 4.69) is 11.8 Å². The molecule has 17 heavy (non-hydrogen) atoms. The van der Waals surface area contributed by atoms with Crippen LogP contribution in [0.4, 0.5) is 0 Å². The van der Waals surface area contributed by atoms with Crippen LogP contribution in [0, 0.1) is 0 Å². The van der Waals surface area contributed by atoms with E-state index in [1.54, 1.807) is 7.11 Å². The van der Waals surface area contributed by atoms with Gasteiger partial charge in [-0.2, -0.15) is 0 Å². The third-order valence-corrected chi connectivity index (χ3v) is 4.11. The molecule has 0 radical (unpaired) electrons. The average Bonchev–Trinajstić information content (AvgIpc) is 2.32. The van der Waals surface area contributed by atoms with Crippen molar-refractivity contribution in [2.45, 2.75) is 70.6 Å². The maximum absolute atomic E-state index is 10.2. The molecule has 102 valence electrons. The SMILES string of the molecule is CCCC1CCCCN1CC(O)C(C)(C)OC. The molecule has 1 heterocycles. The van der Waals surface area contributed by atoms with Crippen molar-refractivity contribution in [2.24, 2.45) is 0 Å². The Bertz CT molecular complexity index is 216. The number of hydrogen-bond acceptors (Lipinski definition) is 3. The highest BCUT2D eigenvalue weighted by atomic mass is 16.5. The second kappa shape index (κ2) is 6.72. The number of rotatable bonds is 6. The first-order valence-corrected chi connectivity index (χ1v) is 6.98. The largest absolute Gasteiger partial charge is 0.389 e. The van der Waals surface area contributed by atoms with Crippen LogP contribution >= 0.6 is 0 Å². The van der Waals surface area contributed by atoms with Crippen LogP contribution < -0.4 is 0 Å². The van der Waals surface area contributed by atoms with Gasteiger partial charge >= 0.3 is 0 Å². The van der Waals surface area contributed by atoms with Crippen molar-refractivity contribution < 1.29 is 9.84 Å². The summed E-state index contributed by atoms with van der Waals surface area (Å²) in [7, 11) is 1.67. The van der Waals surface area contributed by atoms with Gasteiger partial charge in [0.1, 0.15) is 0 Å². The minimum Gasteiger partial charge on any atom is -0.389 e. The molecule has 1 N–H and O–H groups in total. The molecule has 0 aromatic carbocycles. The lowest BCUT2D eigenvalue weighted by molar-refractivity contribution is -0.0935. The maximum atomic E-state index is 10.2. The summed E-state index contributed by atoms with van der Waals surface area (Å²) in [5.41, 5.74) is -0.450. The van der Waals surface area contributed by atoms with Crippen molar-refractivity contribution >= 4 is 0 Å². The number of nitrogens with zero attached hydrogens (tertiary/aromatic N) is 1. The van der Waals surface area contributed by atoms with Gasteiger partial charge in [0.05, 0.1) is 11.7 Å². The molecule has 1 aliphatic rings. The first-order chi connectivity index (χ1) is 8.01. The van der Waals surface area contributed by atoms with Crippen molar-refractivity contribution in [3.8, 4) is 0 Å². The van der Waals surface area contributed by atoms with Gasteiger partial charge in [0, 0.05) is 19.7 Å². The smallest absolute Gasteiger partial charge is 0.0950 e. The van der Waals surface area contributed by atoms with Gasteiger partial charge in [-0.25, -0.2) is 0 Å². The van der Waals surface area contributed by atoms with Crippen molar-refractivity contribution in [3.63, 3.8) is 0 Å². The van der Waals surface area contributed by atoms with Gasteiger partial charge in [-0.15, -0.1) is 0 Å². The van der Waals surface area contributed by atoms with Gasteiger partial charge in [-0.3, -0.25) is 4.90 Å². The molecule has 1 aliphatic heterocycles. The monoisotopic (exact) mass is 243 g/mol. The Kier molecular flexibility index (Phi) is 5.90. The van der Waals surface area contributed by atoms with Crippen LogP contribution in [0.1, 0.15) is 52.9 Å². The van der Waals surface area contributed by atoms with E-state index in [0.29, 0.717) is 6.04 Å². The summed E-state index contributed by atoms with van der Waals surface area (Å²) in [5.74, 6) is 0. The number of β-amino-alcohol motifs (C(OH)–C–C–N with tert-alkyl or cyclic N) is 1. The van der Waals surface area contributed by atoms with Crippen LogP contribution in [0.2, 0.25) is 0 Å². The molecular weight excluding hydrogens is 214 g/mol. The number of hydrogen-bond donors (Lipinski definition) is 1. The summed E-state index contributed by atoms with van der Waals surface area (Å²) < 4.78 is 5.36. The van der Waals surface area contributed by atoms with Gasteiger partial charge in [0.15, 0.2) is 0 Å². The van der Waals surface area contributed by atoms with Gasteiger partial charge < -0.3 is 9.84 Å². The first kappa shape index (κ1) is 14.9. The van der Waals surface area contributed by atoms with Crippen LogP contribution in [0.25, 0.3) is 0 Å². The summed E-state index contributed by atoms with van der Waals surface area (Å²) in [4.78, 5) is 2.46. The molecule has 0 aliphatic carbocycles. The number of likely N-dealkylation sites (tertiary alicyclic amines) is 1. The van der Waals surface area contributed by atoms with Crippen LogP contribution in [0.15, 0.2) is 0 Å². The molecule has 0 saturated carbocycles. The standard InChI is InChI=1S/C14H29NO2/c1-5-8-12-9-6-7-10-15(12)11-13(16)14(2,3)17-4/h12-13,16H,5-11H2,1-4H3. The van der Waals surface area contributed by atoms with Gasteiger partial charge in [-0.05, 0) is 39.7 Å². The Balaban J connectivity index is 2.52. The summed E-state index contributed by atoms with van der Waals surface area (Å²) in [6.45, 7) is 8.02. The van der Waals surface area contributed by atoms with E-state index >= 15 is 0 Å². The van der Waals surface area contributed by atoms with E-state index in [4.69, 9.17) is 4.74 Å². The highest BCUT2D eigenvalue weighted by Gasteiger charge is 2.31. The second-order valence-corrected chi connectivity index (χ2v) is 5.76. The maximum Gasteiger partial charge on any atom is 0.0950 e. The fourth-order valence-electron chi connectivity index (χ4n) is 2.54. The number of aliphatic hydroxyl groups excluding tert-OH is 1. The van der Waals surface area contributed by atoms with E-state index in [0.717, 1.165) is 13.1 Å². The lowest BCUT2D eigenvalue weighted by Crippen LogP contribution is -2.50. The minimum atomic E-state index is -0.450. The van der Waals surface area contributed by atoms with Crippen molar-refractivity contribution in [1.82, 2.24) is 4.90 Å². The quantitative estimate of drug-likeness (QED) is 0.777. The van der Waals surface area contributed by atoms with Crippen LogP contribution in [-0.4, -0.2) is 48.0 Å². The summed E-state index contributed by atoms with van der Waals surface area (Å²) in [5, 5.41) is 10.2. The van der Waals surface area contributed by atoms with Crippen LogP contribution in [0.5, 0.6) is 0 Å². The number of ether oxygens (including phenoxy) is 1. The van der Waals surface area contributed by atoms with E-state index in [1.165, 1.54) is 32.1 Å². The normalized spacial score (nSPS) is 24.9. The second-order valence-electron chi connectivity index (χ2n) is 5.76. The van der Waals surface area contributed by atoms with E-state index < -0.39 is 11.7 Å². The summed E-state index contributed by atoms with van der Waals surface area (Å²) >= 11 is 0. The van der Waals surface area contributed by atoms with Crippen molar-refractivity contribution in [2.75, 3.05) is 20.2 Å². The zero-order valence-electron chi connectivity index (χ0n) is 11.9. The first-order valence-electron chi connectivity index (χ1n) is 6.98. The molecule has 1 rings (SSSR count). The van der Waals surface area contributed by atoms with Gasteiger partial charge in [0.2, 0.25) is 0 Å². The minimum absolute atomic E-state index is 0.412. The molecule has 1 saturated heterocycles. The molecule has 3 heteroatoms. The molecular formula is C14H29NO2. The lowest BCUT2D eigenvalue weighted by atomic mass is 9.95. The summed E-state index contributed by atoms with van der Waals surface area (Å²) in [6.07, 6.45) is 5.95. The number of piperidine rings is 1. The zero-order valence-corrected chi connectivity index (χ0v) is 11.9. The fourth-order valence-corrected chi connectivity index (χ4v) is 2.54. The third kappa shape index (κ3) is 4.23. The molecule has 2 atom stereocenters. The van der Waals surface area contributed by atoms with Gasteiger partial charge in [-0.1, -0.05) is 19.8 Å². The Labute approximate surface area is 106 Å². The Morgan fingerprint density at radius 2 is 2.12 bits per heavy atom. The third-order valence-electron chi connectivity index (χ3n) is 4.11. The number of methoxy groups -OCH3 is 1. The molecule has 2 unspecified atom stereocenters. The highest BCUT2D eigenvalue weighted by molar-refractivity contribution is 4.85. The van der Waals surface area contributed by atoms with E-state index in [1.807, 2.05) is 13.8 Å². The molecule has 3 nitrogen and oxygen atoms in total. The molecule has 0 aromatic rings. The van der Waals surface area contributed by atoms with Crippen molar-refractivity contribution in [3.05, 3.63) is 0 Å². The fraction of sp³-hybridized carbons (Fsp3) is 1.00. The lowest BCUT2D eigenvalue weighted by Gasteiger charge is -2.40. The predicted molar refractivity (Wildman–Crippen MR) is 71.2 cm³/mol. The predicted octanol–water partition coefficient (Wildman–Crippen LogP) is 2.43. The molecule has 0 amide bonds. The Morgan fingerprint density at radius 1 is 1.41 bits per heavy atom. The summed E-state index contributed by atoms with van der Waals surface area (Å²) in [6, 6.07) is 0.663. The molecule has 0 spiro atoms. The van der Waals surface area contributed by atoms with Crippen molar-refractivity contribution in [1.29, 1.82) is 0 Å². The topological polar surface area (TPSA) is 32.7 Å². The van der Waals surface area contributed by atoms with Crippen LogP contribution in [-0.2, 0) is 4.74 Å². The van der Waals surface area contributed by atoms with Crippen LogP contribution in [0.3, 0.4) is 0 Å². The zero-order chi connectivity index (χ0) is 12.9. The molecule has 0 bridgehead atoms. The highest BCUT2D eigenvalue weighted by Crippen LogP contribution is 2.23. The van der Waals surface area contributed by atoms with E-state index in [9.17, 15) is 5.11 Å².